The minimum atomic E-state index is -0.816. The highest BCUT2D eigenvalue weighted by molar-refractivity contribution is 5.65. The van der Waals surface area contributed by atoms with Gasteiger partial charge in [-0.3, -0.25) is 4.68 Å². The number of nitrogens with zero attached hydrogens (tertiary/aromatic N) is 3. The first-order chi connectivity index (χ1) is 8.25. The van der Waals surface area contributed by atoms with Gasteiger partial charge in [0.05, 0.1) is 12.2 Å². The van der Waals surface area contributed by atoms with Crippen molar-refractivity contribution in [1.82, 2.24) is 14.7 Å². The van der Waals surface area contributed by atoms with Crippen LogP contribution in [-0.4, -0.2) is 32.4 Å². The zero-order chi connectivity index (χ0) is 11.8. The Morgan fingerprint density at radius 1 is 1.18 bits per heavy atom. The third-order valence-corrected chi connectivity index (χ3v) is 3.77. The van der Waals surface area contributed by atoms with Gasteiger partial charge in [-0.15, -0.1) is 0 Å². The maximum atomic E-state index is 11.0. The van der Waals surface area contributed by atoms with Crippen molar-refractivity contribution in [2.75, 3.05) is 6.54 Å². The molecule has 0 atom stereocenters. The monoisotopic (exact) mass is 235 g/mol. The summed E-state index contributed by atoms with van der Waals surface area (Å²) in [6, 6.07) is 0. The molecule has 2 aliphatic rings. The van der Waals surface area contributed by atoms with E-state index in [4.69, 9.17) is 5.11 Å². The van der Waals surface area contributed by atoms with Crippen LogP contribution in [0.5, 0.6) is 0 Å². The van der Waals surface area contributed by atoms with Crippen LogP contribution < -0.4 is 0 Å². The fourth-order valence-corrected chi connectivity index (χ4v) is 2.84. The molecule has 5 heteroatoms. The van der Waals surface area contributed by atoms with Crippen molar-refractivity contribution in [2.45, 2.75) is 45.2 Å². The zero-order valence-corrected chi connectivity index (χ0v) is 9.85. The van der Waals surface area contributed by atoms with E-state index in [2.05, 4.69) is 9.78 Å². The highest BCUT2D eigenvalue weighted by Gasteiger charge is 2.27. The van der Waals surface area contributed by atoms with Crippen molar-refractivity contribution in [1.29, 1.82) is 0 Å². The molecule has 0 unspecified atom stereocenters. The molecule has 0 radical (unpaired) electrons. The molecule has 3 heterocycles. The molecule has 0 bridgehead atoms. The molecule has 5 nitrogen and oxygen atoms in total. The van der Waals surface area contributed by atoms with Crippen molar-refractivity contribution in [3.63, 3.8) is 0 Å². The lowest BCUT2D eigenvalue weighted by molar-refractivity contribution is 0.139. The third kappa shape index (κ3) is 1.79. The Labute approximate surface area is 100 Å². The number of aromatic nitrogens is 2. The Hall–Kier alpha value is -1.52. The van der Waals surface area contributed by atoms with Crippen molar-refractivity contribution < 1.29 is 9.90 Å². The molecule has 1 N–H and O–H groups in total. The number of carbonyl (C=O) groups is 1. The average molecular weight is 235 g/mol. The van der Waals surface area contributed by atoms with Crippen LogP contribution in [0.1, 0.15) is 36.2 Å². The fraction of sp³-hybridized carbons (Fsp3) is 0.667. The van der Waals surface area contributed by atoms with Gasteiger partial charge in [0.1, 0.15) is 0 Å². The van der Waals surface area contributed by atoms with Gasteiger partial charge in [-0.25, -0.2) is 4.79 Å². The molecule has 1 aromatic rings. The van der Waals surface area contributed by atoms with Crippen LogP contribution in [-0.2, 0) is 25.9 Å². The van der Waals surface area contributed by atoms with E-state index in [1.807, 2.05) is 0 Å². The van der Waals surface area contributed by atoms with E-state index in [0.717, 1.165) is 25.1 Å². The van der Waals surface area contributed by atoms with Crippen LogP contribution in [0.15, 0.2) is 0 Å². The van der Waals surface area contributed by atoms with Gasteiger partial charge in [-0.1, -0.05) is 6.42 Å². The highest BCUT2D eigenvalue weighted by Crippen LogP contribution is 2.26. The molecule has 2 aliphatic heterocycles. The fourth-order valence-electron chi connectivity index (χ4n) is 2.84. The molecule has 0 spiro atoms. The molecule has 3 rings (SSSR count). The lowest BCUT2D eigenvalue weighted by atomic mass is 10.0. The van der Waals surface area contributed by atoms with Gasteiger partial charge in [0, 0.05) is 30.8 Å². The summed E-state index contributed by atoms with van der Waals surface area (Å²) in [6.07, 6.45) is 4.64. The second kappa shape index (κ2) is 4.05. The van der Waals surface area contributed by atoms with Gasteiger partial charge in [0.2, 0.25) is 0 Å². The van der Waals surface area contributed by atoms with Crippen molar-refractivity contribution in [3.05, 3.63) is 17.0 Å². The van der Waals surface area contributed by atoms with Crippen molar-refractivity contribution in [2.24, 2.45) is 0 Å². The van der Waals surface area contributed by atoms with Crippen molar-refractivity contribution in [3.8, 4) is 0 Å². The van der Waals surface area contributed by atoms with Crippen LogP contribution in [0.2, 0.25) is 0 Å². The number of aryl methyl sites for hydroxylation is 1. The molecule has 92 valence electrons. The smallest absolute Gasteiger partial charge is 0.407 e. The summed E-state index contributed by atoms with van der Waals surface area (Å²) < 4.78 is 2.11. The second-order valence-corrected chi connectivity index (χ2v) is 4.86. The predicted octanol–water partition coefficient (Wildman–Crippen LogP) is 1.65. The van der Waals surface area contributed by atoms with Crippen molar-refractivity contribution >= 4 is 6.09 Å². The lowest BCUT2D eigenvalue weighted by Crippen LogP contribution is -2.34. The molecule has 1 aromatic heterocycles. The Bertz CT molecular complexity index is 453. The quantitative estimate of drug-likeness (QED) is 0.743. The van der Waals surface area contributed by atoms with Gasteiger partial charge in [-0.2, -0.15) is 5.10 Å². The summed E-state index contributed by atoms with van der Waals surface area (Å²) in [5, 5.41) is 13.7. The molecule has 0 saturated carbocycles. The SMILES string of the molecule is O=C(O)N1CCc2nn3c(c2C1)CCCCC3. The summed E-state index contributed by atoms with van der Waals surface area (Å²) in [5.41, 5.74) is 3.59. The van der Waals surface area contributed by atoms with Gasteiger partial charge >= 0.3 is 6.09 Å². The van der Waals surface area contributed by atoms with Crippen LogP contribution in [0.4, 0.5) is 4.79 Å². The van der Waals surface area contributed by atoms with Gasteiger partial charge in [0.25, 0.3) is 0 Å². The van der Waals surface area contributed by atoms with E-state index in [0.29, 0.717) is 13.1 Å². The number of fused-ring (bicyclic) bond motifs is 3. The number of hydrogen-bond acceptors (Lipinski definition) is 2. The predicted molar refractivity (Wildman–Crippen MR) is 61.9 cm³/mol. The number of amides is 1. The lowest BCUT2D eigenvalue weighted by Gasteiger charge is -2.23. The first kappa shape index (κ1) is 10.6. The molecule has 0 saturated heterocycles. The largest absolute Gasteiger partial charge is 0.465 e. The number of rotatable bonds is 0. The van der Waals surface area contributed by atoms with E-state index in [-0.39, 0.29) is 0 Å². The van der Waals surface area contributed by atoms with E-state index in [1.165, 1.54) is 35.4 Å². The van der Waals surface area contributed by atoms with Gasteiger partial charge in [0.15, 0.2) is 0 Å². The summed E-state index contributed by atoms with van der Waals surface area (Å²) in [5.74, 6) is 0. The van der Waals surface area contributed by atoms with Crippen LogP contribution in [0.25, 0.3) is 0 Å². The Morgan fingerprint density at radius 2 is 2.06 bits per heavy atom. The zero-order valence-electron chi connectivity index (χ0n) is 9.85. The normalized spacial score (nSPS) is 19.4. The summed E-state index contributed by atoms with van der Waals surface area (Å²) in [7, 11) is 0. The van der Waals surface area contributed by atoms with E-state index in [1.54, 1.807) is 0 Å². The molecule has 0 fully saturated rings. The molecule has 1 amide bonds. The maximum absolute atomic E-state index is 11.0. The Balaban J connectivity index is 1.95. The van der Waals surface area contributed by atoms with Gasteiger partial charge < -0.3 is 10.0 Å². The standard InChI is InChI=1S/C12H17N3O2/c16-12(17)14-7-5-10-9(8-14)11-4-2-1-3-6-15(11)13-10/h1-8H2,(H,16,17). The third-order valence-electron chi connectivity index (χ3n) is 3.77. The molecule has 17 heavy (non-hydrogen) atoms. The highest BCUT2D eigenvalue weighted by atomic mass is 16.4. The summed E-state index contributed by atoms with van der Waals surface area (Å²) in [4.78, 5) is 12.5. The van der Waals surface area contributed by atoms with E-state index in [9.17, 15) is 4.79 Å². The van der Waals surface area contributed by atoms with E-state index >= 15 is 0 Å². The number of carboxylic acid groups (broad SMARTS) is 1. The number of hydrogen-bond donors (Lipinski definition) is 1. The molecule has 0 aliphatic carbocycles. The van der Waals surface area contributed by atoms with Crippen LogP contribution in [0.3, 0.4) is 0 Å². The average Bonchev–Trinajstić information content (AvgIpc) is 2.51. The molecular formula is C12H17N3O2. The van der Waals surface area contributed by atoms with Crippen LogP contribution >= 0.6 is 0 Å². The van der Waals surface area contributed by atoms with Gasteiger partial charge in [-0.05, 0) is 19.3 Å². The summed E-state index contributed by atoms with van der Waals surface area (Å²) >= 11 is 0. The minimum absolute atomic E-state index is 0.528. The van der Waals surface area contributed by atoms with E-state index < -0.39 is 6.09 Å². The first-order valence-corrected chi connectivity index (χ1v) is 6.31. The Kier molecular flexibility index (Phi) is 2.53. The summed E-state index contributed by atoms with van der Waals surface area (Å²) in [6.45, 7) is 2.11. The maximum Gasteiger partial charge on any atom is 0.407 e. The first-order valence-electron chi connectivity index (χ1n) is 6.31. The molecule has 0 aromatic carbocycles. The van der Waals surface area contributed by atoms with Crippen LogP contribution in [0, 0.1) is 0 Å². The second-order valence-electron chi connectivity index (χ2n) is 4.86. The Morgan fingerprint density at radius 3 is 2.88 bits per heavy atom. The minimum Gasteiger partial charge on any atom is -0.465 e. The molecular weight excluding hydrogens is 218 g/mol. The topological polar surface area (TPSA) is 58.4 Å².